The molecule has 0 unspecified atom stereocenters. The molecule has 0 fully saturated rings. The van der Waals surface area contributed by atoms with Crippen molar-refractivity contribution in [2.75, 3.05) is 0 Å². The van der Waals surface area contributed by atoms with Crippen molar-refractivity contribution in [2.24, 2.45) is 21.7 Å². The molecule has 0 amide bonds. The van der Waals surface area contributed by atoms with Crippen LogP contribution in [0.1, 0.15) is 93.2 Å². The topological polar surface area (TPSA) is 40.5 Å². The third kappa shape index (κ3) is 11.0. The average Bonchev–Trinajstić information content (AvgIpc) is 3.59. The molecule has 2 aromatic carbocycles. The van der Waals surface area contributed by atoms with Gasteiger partial charge in [-0.1, -0.05) is 74.7 Å². The minimum absolute atomic E-state index is 0. The fraction of sp³-hybridized carbons (Fsp3) is 0.474. The van der Waals surface area contributed by atoms with Crippen molar-refractivity contribution in [1.82, 2.24) is 0 Å². The number of halogens is 6. The van der Waals surface area contributed by atoms with Gasteiger partial charge in [-0.05, 0) is 59.4 Å². The quantitative estimate of drug-likeness (QED) is 0.238. The molecule has 47 heavy (non-hydrogen) atoms. The van der Waals surface area contributed by atoms with Crippen LogP contribution in [-0.4, -0.2) is 10.2 Å². The number of aromatic hydroxyl groups is 2. The first kappa shape index (κ1) is 42.5. The van der Waals surface area contributed by atoms with E-state index in [0.717, 1.165) is 61.4 Å². The Kier molecular flexibility index (Phi) is 13.9. The maximum atomic E-state index is 11.8. The van der Waals surface area contributed by atoms with Crippen LogP contribution in [0.5, 0.6) is 11.5 Å². The molecule has 0 saturated heterocycles. The Hall–Kier alpha value is -2.54. The van der Waals surface area contributed by atoms with E-state index >= 15 is 0 Å². The Labute approximate surface area is 295 Å². The molecular formula is C38H46F6O2Zr. The summed E-state index contributed by atoms with van der Waals surface area (Å²) in [7, 11) is 0. The predicted molar refractivity (Wildman–Crippen MR) is 172 cm³/mol. The second-order valence-electron chi connectivity index (χ2n) is 14.7. The standard InChI is InChI=1S/C24H36.2C7H5F3O.Zr/c1-21(2,3)17-13-11-15-19(17)24(10,23(7,8)9)20-16-12-14-18(20)22(4,5)6;2*8-7(9,10)5-1-3-6(11)4-2-5;/h15-16H,11-12H2,1-10H3;2*1-4,11H;/q-2;;;+2. The molecule has 2 nitrogen and oxygen atoms in total. The Morgan fingerprint density at radius 1 is 0.511 bits per heavy atom. The Bertz CT molecular complexity index is 1350. The van der Waals surface area contributed by atoms with Crippen LogP contribution < -0.4 is 0 Å². The van der Waals surface area contributed by atoms with Crippen LogP contribution in [0, 0.1) is 33.8 Å². The molecular weight excluding hydrogens is 694 g/mol. The van der Waals surface area contributed by atoms with Crippen LogP contribution in [0.4, 0.5) is 26.3 Å². The van der Waals surface area contributed by atoms with Crippen molar-refractivity contribution in [3.05, 3.63) is 106 Å². The normalized spacial score (nSPS) is 15.6. The molecule has 2 N–H and O–H groups in total. The summed E-state index contributed by atoms with van der Waals surface area (Å²) in [5.41, 5.74) is 4.62. The van der Waals surface area contributed by atoms with Gasteiger partial charge in [-0.15, -0.1) is 18.3 Å². The molecule has 0 saturated carbocycles. The number of alkyl halides is 6. The van der Waals surface area contributed by atoms with Crippen molar-refractivity contribution in [3.63, 3.8) is 0 Å². The van der Waals surface area contributed by atoms with Gasteiger partial charge in [0.1, 0.15) is 11.5 Å². The average molecular weight is 740 g/mol. The summed E-state index contributed by atoms with van der Waals surface area (Å²) in [4.78, 5) is 0. The summed E-state index contributed by atoms with van der Waals surface area (Å²) < 4.78 is 71.0. The summed E-state index contributed by atoms with van der Waals surface area (Å²) >= 11 is 0. The van der Waals surface area contributed by atoms with Gasteiger partial charge in [0.2, 0.25) is 0 Å². The zero-order chi connectivity index (χ0) is 35.5. The van der Waals surface area contributed by atoms with Crippen molar-refractivity contribution in [3.8, 4) is 11.5 Å². The molecule has 0 heterocycles. The summed E-state index contributed by atoms with van der Waals surface area (Å²) in [6.45, 7) is 23.5. The van der Waals surface area contributed by atoms with Crippen molar-refractivity contribution >= 4 is 0 Å². The molecule has 0 bridgehead atoms. The van der Waals surface area contributed by atoms with Gasteiger partial charge in [0, 0.05) is 0 Å². The molecule has 2 aromatic rings. The molecule has 0 radical (unpaired) electrons. The zero-order valence-corrected chi connectivity index (χ0v) is 31.3. The monoisotopic (exact) mass is 738 g/mol. The second-order valence-corrected chi connectivity index (χ2v) is 14.7. The van der Waals surface area contributed by atoms with E-state index in [9.17, 15) is 26.3 Å². The number of phenolic OH excluding ortho intramolecular Hbond substituents is 2. The van der Waals surface area contributed by atoms with Crippen LogP contribution in [0.25, 0.3) is 0 Å². The first-order valence-electron chi connectivity index (χ1n) is 15.1. The van der Waals surface area contributed by atoms with E-state index in [4.69, 9.17) is 10.2 Å². The molecule has 0 aromatic heterocycles. The summed E-state index contributed by atoms with van der Waals surface area (Å²) in [5.74, 6) is -0.337. The van der Waals surface area contributed by atoms with Gasteiger partial charge < -0.3 is 10.2 Å². The largest absolute Gasteiger partial charge is 2.00 e. The SMILES string of the molecule is CC(C)(C)C1=[C-]CC=C1C(C)(C1=CC[C-]=C1C(C)(C)C)C(C)(C)C.Oc1ccc(C(F)(F)F)cc1.Oc1ccc(C(F)(F)F)cc1.[Zr+2]. The maximum absolute atomic E-state index is 11.8. The van der Waals surface area contributed by atoms with E-state index in [-0.39, 0.29) is 59.4 Å². The Balaban J connectivity index is 0.000000399. The second kappa shape index (κ2) is 15.3. The minimum Gasteiger partial charge on any atom is -0.508 e. The van der Waals surface area contributed by atoms with Crippen LogP contribution in [0.15, 0.2) is 83.0 Å². The van der Waals surface area contributed by atoms with E-state index in [1.807, 2.05) is 0 Å². The molecule has 256 valence electrons. The van der Waals surface area contributed by atoms with E-state index < -0.39 is 23.5 Å². The third-order valence-corrected chi connectivity index (χ3v) is 8.18. The van der Waals surface area contributed by atoms with Crippen LogP contribution in [-0.2, 0) is 38.6 Å². The van der Waals surface area contributed by atoms with E-state index in [0.29, 0.717) is 0 Å². The fourth-order valence-corrected chi connectivity index (χ4v) is 5.41. The van der Waals surface area contributed by atoms with Crippen molar-refractivity contribution in [1.29, 1.82) is 0 Å². The Morgan fingerprint density at radius 2 is 0.787 bits per heavy atom. The molecule has 2 aliphatic rings. The Morgan fingerprint density at radius 3 is 1.00 bits per heavy atom. The van der Waals surface area contributed by atoms with Gasteiger partial charge in [0.25, 0.3) is 0 Å². The third-order valence-electron chi connectivity index (χ3n) is 8.18. The van der Waals surface area contributed by atoms with E-state index in [2.05, 4.69) is 93.5 Å². The van der Waals surface area contributed by atoms with Gasteiger partial charge in [-0.25, -0.2) is 22.3 Å². The molecule has 2 aliphatic carbocycles. The van der Waals surface area contributed by atoms with Crippen molar-refractivity contribution < 1.29 is 62.8 Å². The summed E-state index contributed by atoms with van der Waals surface area (Å²) in [6.07, 6.45) is 5.42. The van der Waals surface area contributed by atoms with Gasteiger partial charge in [-0.2, -0.15) is 38.5 Å². The predicted octanol–water partition coefficient (Wildman–Crippen LogP) is 12.1. The number of hydrogen-bond acceptors (Lipinski definition) is 2. The summed E-state index contributed by atoms with van der Waals surface area (Å²) in [6, 6.07) is 7.33. The van der Waals surface area contributed by atoms with Gasteiger partial charge in [-0.3, -0.25) is 12.2 Å². The van der Waals surface area contributed by atoms with Gasteiger partial charge in [0.15, 0.2) is 0 Å². The maximum Gasteiger partial charge on any atom is 2.00 e. The van der Waals surface area contributed by atoms with Crippen LogP contribution in [0.2, 0.25) is 0 Å². The molecule has 9 heteroatoms. The van der Waals surface area contributed by atoms with Gasteiger partial charge >= 0.3 is 38.6 Å². The number of hydrogen-bond donors (Lipinski definition) is 2. The first-order valence-corrected chi connectivity index (χ1v) is 15.1. The van der Waals surface area contributed by atoms with Crippen molar-refractivity contribution in [2.45, 2.75) is 94.4 Å². The number of phenols is 2. The van der Waals surface area contributed by atoms with Gasteiger partial charge in [0.05, 0.1) is 11.1 Å². The number of benzene rings is 2. The molecule has 0 spiro atoms. The first-order chi connectivity index (χ1) is 20.7. The fourth-order valence-electron chi connectivity index (χ4n) is 5.41. The number of allylic oxidation sites excluding steroid dienone is 8. The van der Waals surface area contributed by atoms with Crippen LogP contribution in [0.3, 0.4) is 0 Å². The molecule has 4 rings (SSSR count). The smallest absolute Gasteiger partial charge is 0.508 e. The summed E-state index contributed by atoms with van der Waals surface area (Å²) in [5, 5.41) is 17.3. The minimum atomic E-state index is -4.33. The van der Waals surface area contributed by atoms with E-state index in [1.165, 1.54) is 22.3 Å². The number of rotatable bonds is 2. The molecule has 0 aliphatic heterocycles. The van der Waals surface area contributed by atoms with E-state index in [1.54, 1.807) is 0 Å². The molecule has 0 atom stereocenters. The zero-order valence-electron chi connectivity index (χ0n) is 28.8. The van der Waals surface area contributed by atoms with Crippen LogP contribution >= 0.6 is 0 Å².